The van der Waals surface area contributed by atoms with Crippen molar-refractivity contribution in [2.75, 3.05) is 0 Å². The van der Waals surface area contributed by atoms with E-state index in [1.807, 2.05) is 36.7 Å². The Labute approximate surface area is 180 Å². The first-order valence-electron chi connectivity index (χ1n) is 10.3. The second kappa shape index (κ2) is 10.8. The average Bonchev–Trinajstić information content (AvgIpc) is 2.76. The largest absolute Gasteiger partial charge is 0.573 e. The van der Waals surface area contributed by atoms with Crippen LogP contribution in [0, 0.1) is 0 Å². The zero-order chi connectivity index (χ0) is 22.1. The molecular weight excluding hydrogens is 405 g/mol. The zero-order valence-electron chi connectivity index (χ0n) is 17.4. The van der Waals surface area contributed by atoms with Crippen molar-refractivity contribution in [1.29, 1.82) is 0 Å². The minimum absolute atomic E-state index is 0.231. The predicted octanol–water partition coefficient (Wildman–Crippen LogP) is 6.74. The lowest BCUT2D eigenvalue weighted by Gasteiger charge is -2.10. The van der Waals surface area contributed by atoms with E-state index in [1.54, 1.807) is 0 Å². The van der Waals surface area contributed by atoms with Crippen LogP contribution in [-0.4, -0.2) is 16.3 Å². The third kappa shape index (κ3) is 7.59. The van der Waals surface area contributed by atoms with Crippen LogP contribution in [0.15, 0.2) is 60.9 Å². The highest BCUT2D eigenvalue weighted by atomic mass is 19.4. The Balaban J connectivity index is 1.51. The summed E-state index contributed by atoms with van der Waals surface area (Å²) < 4.78 is 46.2. The summed E-state index contributed by atoms with van der Waals surface area (Å²) in [6.45, 7) is 2.43. The summed E-state index contributed by atoms with van der Waals surface area (Å²) in [5, 5.41) is 0. The van der Waals surface area contributed by atoms with E-state index in [1.165, 1.54) is 43.5 Å². The second-order valence-electron chi connectivity index (χ2n) is 7.23. The number of rotatable bonds is 10. The molecule has 31 heavy (non-hydrogen) atoms. The topological polar surface area (TPSA) is 44.2 Å². The highest BCUT2D eigenvalue weighted by molar-refractivity contribution is 5.55. The number of aryl methyl sites for hydroxylation is 1. The van der Waals surface area contributed by atoms with Crippen molar-refractivity contribution >= 4 is 0 Å². The van der Waals surface area contributed by atoms with E-state index in [0.717, 1.165) is 29.5 Å². The van der Waals surface area contributed by atoms with Crippen LogP contribution in [-0.2, 0) is 13.0 Å². The summed E-state index contributed by atoms with van der Waals surface area (Å²) in [5.41, 5.74) is 2.77. The predicted molar refractivity (Wildman–Crippen MR) is 113 cm³/mol. The molecule has 1 heterocycles. The van der Waals surface area contributed by atoms with E-state index in [-0.39, 0.29) is 12.4 Å². The van der Waals surface area contributed by atoms with E-state index in [2.05, 4.69) is 21.6 Å². The van der Waals surface area contributed by atoms with E-state index in [4.69, 9.17) is 4.74 Å². The minimum Gasteiger partial charge on any atom is -0.489 e. The highest BCUT2D eigenvalue weighted by Gasteiger charge is 2.30. The standard InChI is InChI=1S/C24H25F3N2O2/c1-2-3-4-5-6-19-15-28-23(29-16-19)20-9-13-21(14-10-20)30-17-18-7-11-22(12-8-18)31-24(25,26)27/h7-16H,2-6,17H2,1H3. The lowest BCUT2D eigenvalue weighted by atomic mass is 10.1. The molecule has 3 rings (SSSR count). The normalized spacial score (nSPS) is 11.4. The fourth-order valence-corrected chi connectivity index (χ4v) is 3.04. The van der Waals surface area contributed by atoms with Crippen LogP contribution in [0.5, 0.6) is 11.5 Å². The molecule has 0 radical (unpaired) electrons. The van der Waals surface area contributed by atoms with Crippen LogP contribution in [0.25, 0.3) is 11.4 Å². The number of alkyl halides is 3. The first kappa shape index (κ1) is 22.6. The molecule has 0 spiro atoms. The molecule has 1 aromatic heterocycles. The molecule has 0 aliphatic rings. The van der Waals surface area contributed by atoms with Crippen molar-refractivity contribution in [2.24, 2.45) is 0 Å². The molecule has 0 saturated carbocycles. The maximum absolute atomic E-state index is 12.2. The van der Waals surface area contributed by atoms with Gasteiger partial charge in [0.2, 0.25) is 0 Å². The Morgan fingerprint density at radius 3 is 2.03 bits per heavy atom. The SMILES string of the molecule is CCCCCCc1cnc(-c2ccc(OCc3ccc(OC(F)(F)F)cc3)cc2)nc1. The quantitative estimate of drug-likeness (QED) is 0.334. The summed E-state index contributed by atoms with van der Waals surface area (Å²) in [7, 11) is 0. The number of benzene rings is 2. The van der Waals surface area contributed by atoms with Crippen LogP contribution >= 0.6 is 0 Å². The zero-order valence-corrected chi connectivity index (χ0v) is 17.4. The van der Waals surface area contributed by atoms with Gasteiger partial charge < -0.3 is 9.47 Å². The summed E-state index contributed by atoms with van der Waals surface area (Å²) in [6.07, 6.45) is 4.92. The highest BCUT2D eigenvalue weighted by Crippen LogP contribution is 2.24. The molecule has 7 heteroatoms. The van der Waals surface area contributed by atoms with Crippen molar-refractivity contribution in [3.05, 3.63) is 72.1 Å². The molecular formula is C24H25F3N2O2. The Kier molecular flexibility index (Phi) is 7.87. The Hall–Kier alpha value is -3.09. The van der Waals surface area contributed by atoms with Crippen molar-refractivity contribution in [2.45, 2.75) is 52.0 Å². The molecule has 0 bridgehead atoms. The Morgan fingerprint density at radius 2 is 1.42 bits per heavy atom. The van der Waals surface area contributed by atoms with Gasteiger partial charge in [-0.15, -0.1) is 13.2 Å². The summed E-state index contributed by atoms with van der Waals surface area (Å²) in [4.78, 5) is 8.92. The lowest BCUT2D eigenvalue weighted by molar-refractivity contribution is -0.274. The number of hydrogen-bond donors (Lipinski definition) is 0. The van der Waals surface area contributed by atoms with Gasteiger partial charge >= 0.3 is 6.36 Å². The van der Waals surface area contributed by atoms with Gasteiger partial charge in [-0.25, -0.2) is 9.97 Å². The monoisotopic (exact) mass is 430 g/mol. The summed E-state index contributed by atoms with van der Waals surface area (Å²) in [5.74, 6) is 1.05. The molecule has 0 N–H and O–H groups in total. The number of ether oxygens (including phenoxy) is 2. The first-order valence-corrected chi connectivity index (χ1v) is 10.3. The molecule has 0 aliphatic carbocycles. The third-order valence-electron chi connectivity index (χ3n) is 4.70. The van der Waals surface area contributed by atoms with Gasteiger partial charge in [-0.1, -0.05) is 38.3 Å². The number of hydrogen-bond acceptors (Lipinski definition) is 4. The Morgan fingerprint density at radius 1 is 0.774 bits per heavy atom. The van der Waals surface area contributed by atoms with Crippen molar-refractivity contribution in [3.8, 4) is 22.9 Å². The van der Waals surface area contributed by atoms with Crippen LogP contribution in [0.2, 0.25) is 0 Å². The van der Waals surface area contributed by atoms with Crippen LogP contribution in [0.3, 0.4) is 0 Å². The maximum atomic E-state index is 12.2. The van der Waals surface area contributed by atoms with E-state index < -0.39 is 6.36 Å². The van der Waals surface area contributed by atoms with E-state index in [9.17, 15) is 13.2 Å². The molecule has 3 aromatic rings. The molecule has 0 aliphatic heterocycles. The summed E-state index contributed by atoms with van der Waals surface area (Å²) in [6, 6.07) is 13.0. The van der Waals surface area contributed by atoms with Gasteiger partial charge in [0.1, 0.15) is 18.1 Å². The van der Waals surface area contributed by atoms with Gasteiger partial charge in [0.05, 0.1) is 0 Å². The molecule has 2 aromatic carbocycles. The molecule has 4 nitrogen and oxygen atoms in total. The van der Waals surface area contributed by atoms with Gasteiger partial charge in [0.15, 0.2) is 5.82 Å². The number of nitrogens with zero attached hydrogens (tertiary/aromatic N) is 2. The molecule has 0 amide bonds. The van der Waals surface area contributed by atoms with Crippen molar-refractivity contribution in [1.82, 2.24) is 9.97 Å². The molecule has 0 fully saturated rings. The van der Waals surface area contributed by atoms with Gasteiger partial charge in [-0.2, -0.15) is 0 Å². The van der Waals surface area contributed by atoms with Gasteiger partial charge in [-0.3, -0.25) is 0 Å². The lowest BCUT2D eigenvalue weighted by Crippen LogP contribution is -2.17. The molecule has 0 atom stereocenters. The van der Waals surface area contributed by atoms with Crippen molar-refractivity contribution < 1.29 is 22.6 Å². The van der Waals surface area contributed by atoms with Crippen LogP contribution in [0.1, 0.15) is 43.7 Å². The van der Waals surface area contributed by atoms with Gasteiger partial charge in [0, 0.05) is 18.0 Å². The fraction of sp³-hybridized carbons (Fsp3) is 0.333. The van der Waals surface area contributed by atoms with E-state index in [0.29, 0.717) is 11.6 Å². The molecule has 0 unspecified atom stereocenters. The van der Waals surface area contributed by atoms with Crippen LogP contribution in [0.4, 0.5) is 13.2 Å². The fourth-order valence-electron chi connectivity index (χ4n) is 3.04. The molecule has 0 saturated heterocycles. The van der Waals surface area contributed by atoms with Gasteiger partial charge in [-0.05, 0) is 60.4 Å². The third-order valence-corrected chi connectivity index (χ3v) is 4.70. The smallest absolute Gasteiger partial charge is 0.489 e. The number of unbranched alkanes of at least 4 members (excludes halogenated alkanes) is 3. The Bertz CT molecular complexity index is 925. The molecule has 164 valence electrons. The summed E-state index contributed by atoms with van der Waals surface area (Å²) >= 11 is 0. The number of halogens is 3. The maximum Gasteiger partial charge on any atom is 0.573 e. The van der Waals surface area contributed by atoms with E-state index >= 15 is 0 Å². The average molecular weight is 430 g/mol. The first-order chi connectivity index (χ1) is 14.9. The second-order valence-corrected chi connectivity index (χ2v) is 7.23. The van der Waals surface area contributed by atoms with Gasteiger partial charge in [0.25, 0.3) is 0 Å². The minimum atomic E-state index is -4.70. The number of aromatic nitrogens is 2. The van der Waals surface area contributed by atoms with Crippen molar-refractivity contribution in [3.63, 3.8) is 0 Å². The van der Waals surface area contributed by atoms with Crippen LogP contribution < -0.4 is 9.47 Å².